The van der Waals surface area contributed by atoms with Crippen LogP contribution in [0.1, 0.15) is 12.8 Å². The summed E-state index contributed by atoms with van der Waals surface area (Å²) >= 11 is 11.4. The lowest BCUT2D eigenvalue weighted by Gasteiger charge is -2.21. The first-order valence-electron chi connectivity index (χ1n) is 5.37. The normalized spacial score (nSPS) is 20.0. The average Bonchev–Trinajstić information content (AvgIpc) is 2.28. The van der Waals surface area contributed by atoms with Crippen LogP contribution in [0, 0.1) is 5.92 Å². The Labute approximate surface area is 109 Å². The first-order valence-corrected chi connectivity index (χ1v) is 6.12. The van der Waals surface area contributed by atoms with Gasteiger partial charge in [0.25, 0.3) is 0 Å². The quantitative estimate of drug-likeness (QED) is 0.637. The SMILES string of the molecule is O=C(Nc1cc(Cl)nc(Cl)n1)C1CCCNC1. The maximum absolute atomic E-state index is 11.9. The Morgan fingerprint density at radius 3 is 2.94 bits per heavy atom. The number of carbonyl (C=O) groups is 1. The van der Waals surface area contributed by atoms with Gasteiger partial charge >= 0.3 is 0 Å². The molecule has 1 fully saturated rings. The number of hydrogen-bond acceptors (Lipinski definition) is 4. The molecule has 1 amide bonds. The van der Waals surface area contributed by atoms with Gasteiger partial charge in [0.05, 0.1) is 5.92 Å². The number of carbonyl (C=O) groups excluding carboxylic acids is 1. The molecule has 1 atom stereocenters. The molecule has 0 aromatic carbocycles. The van der Waals surface area contributed by atoms with Gasteiger partial charge in [-0.3, -0.25) is 4.79 Å². The third-order valence-electron chi connectivity index (χ3n) is 2.59. The average molecular weight is 275 g/mol. The first kappa shape index (κ1) is 12.5. The van der Waals surface area contributed by atoms with E-state index in [1.165, 1.54) is 6.07 Å². The summed E-state index contributed by atoms with van der Waals surface area (Å²) < 4.78 is 0. The van der Waals surface area contributed by atoms with Crippen LogP contribution < -0.4 is 10.6 Å². The smallest absolute Gasteiger partial charge is 0.229 e. The monoisotopic (exact) mass is 274 g/mol. The lowest BCUT2D eigenvalue weighted by Crippen LogP contribution is -2.37. The van der Waals surface area contributed by atoms with E-state index in [9.17, 15) is 4.79 Å². The van der Waals surface area contributed by atoms with Crippen molar-refractivity contribution >= 4 is 34.9 Å². The summed E-state index contributed by atoms with van der Waals surface area (Å²) in [6.45, 7) is 1.66. The second-order valence-corrected chi connectivity index (χ2v) is 4.60. The summed E-state index contributed by atoms with van der Waals surface area (Å²) in [5.74, 6) is 0.241. The third kappa shape index (κ3) is 3.52. The van der Waals surface area contributed by atoms with Crippen LogP contribution in [-0.2, 0) is 4.79 Å². The topological polar surface area (TPSA) is 66.9 Å². The molecule has 1 aliphatic rings. The van der Waals surface area contributed by atoms with Gasteiger partial charge in [-0.2, -0.15) is 0 Å². The highest BCUT2D eigenvalue weighted by Gasteiger charge is 2.21. The number of anilines is 1. The molecule has 1 aliphatic heterocycles. The number of rotatable bonds is 2. The Balaban J connectivity index is 2.01. The van der Waals surface area contributed by atoms with Gasteiger partial charge < -0.3 is 10.6 Å². The highest BCUT2D eigenvalue weighted by Crippen LogP contribution is 2.17. The van der Waals surface area contributed by atoms with Crippen molar-refractivity contribution in [2.24, 2.45) is 5.92 Å². The van der Waals surface area contributed by atoms with E-state index in [4.69, 9.17) is 23.2 Å². The summed E-state index contributed by atoms with van der Waals surface area (Å²) in [6.07, 6.45) is 1.88. The van der Waals surface area contributed by atoms with Gasteiger partial charge in [0.1, 0.15) is 11.0 Å². The fraction of sp³-hybridized carbons (Fsp3) is 0.500. The first-order chi connectivity index (χ1) is 8.15. The molecular weight excluding hydrogens is 263 g/mol. The van der Waals surface area contributed by atoms with Gasteiger partial charge in [0.15, 0.2) is 0 Å². The van der Waals surface area contributed by atoms with Crippen LogP contribution in [0.25, 0.3) is 0 Å². The standard InChI is InChI=1S/C10H12Cl2N4O/c11-7-4-8(16-10(12)14-7)15-9(17)6-2-1-3-13-5-6/h4,6,13H,1-3,5H2,(H,14,15,16,17). The number of piperidine rings is 1. The molecule has 0 radical (unpaired) electrons. The Bertz CT molecular complexity index is 401. The Hall–Kier alpha value is -0.910. The molecule has 0 bridgehead atoms. The van der Waals surface area contributed by atoms with Crippen LogP contribution in [0.2, 0.25) is 10.4 Å². The van der Waals surface area contributed by atoms with Crippen molar-refractivity contribution in [2.45, 2.75) is 12.8 Å². The summed E-state index contributed by atoms with van der Waals surface area (Å²) in [6, 6.07) is 1.47. The molecule has 1 aromatic rings. The van der Waals surface area contributed by atoms with Gasteiger partial charge in [0, 0.05) is 12.6 Å². The zero-order chi connectivity index (χ0) is 12.3. The largest absolute Gasteiger partial charge is 0.316 e. The van der Waals surface area contributed by atoms with Gasteiger partial charge in [0.2, 0.25) is 11.2 Å². The highest BCUT2D eigenvalue weighted by atomic mass is 35.5. The van der Waals surface area contributed by atoms with Crippen LogP contribution >= 0.6 is 23.2 Å². The van der Waals surface area contributed by atoms with Crippen LogP contribution in [-0.4, -0.2) is 29.0 Å². The van der Waals surface area contributed by atoms with E-state index in [-0.39, 0.29) is 22.3 Å². The van der Waals surface area contributed by atoms with E-state index >= 15 is 0 Å². The third-order valence-corrected chi connectivity index (χ3v) is 2.95. The second kappa shape index (κ2) is 5.62. The second-order valence-electron chi connectivity index (χ2n) is 3.88. The molecule has 5 nitrogen and oxygen atoms in total. The lowest BCUT2D eigenvalue weighted by atomic mass is 9.99. The molecule has 7 heteroatoms. The number of nitrogens with zero attached hydrogens (tertiary/aromatic N) is 2. The highest BCUT2D eigenvalue weighted by molar-refractivity contribution is 6.32. The fourth-order valence-electron chi connectivity index (χ4n) is 1.76. The summed E-state index contributed by atoms with van der Waals surface area (Å²) in [5.41, 5.74) is 0. The van der Waals surface area contributed by atoms with E-state index in [1.54, 1.807) is 0 Å². The van der Waals surface area contributed by atoms with Crippen molar-refractivity contribution < 1.29 is 4.79 Å². The summed E-state index contributed by atoms with van der Waals surface area (Å²) in [4.78, 5) is 19.5. The van der Waals surface area contributed by atoms with Gasteiger partial charge in [-0.1, -0.05) is 11.6 Å². The van der Waals surface area contributed by atoms with Crippen molar-refractivity contribution in [3.05, 3.63) is 16.5 Å². The minimum Gasteiger partial charge on any atom is -0.316 e. The van der Waals surface area contributed by atoms with Gasteiger partial charge in [-0.05, 0) is 31.0 Å². The molecule has 0 aliphatic carbocycles. The van der Waals surface area contributed by atoms with E-state index in [2.05, 4.69) is 20.6 Å². The van der Waals surface area contributed by atoms with Crippen molar-refractivity contribution in [2.75, 3.05) is 18.4 Å². The maximum Gasteiger partial charge on any atom is 0.229 e. The molecular formula is C10H12Cl2N4O. The molecule has 0 saturated carbocycles. The van der Waals surface area contributed by atoms with Crippen LogP contribution in [0.4, 0.5) is 5.82 Å². The van der Waals surface area contributed by atoms with Crippen LogP contribution in [0.3, 0.4) is 0 Å². The summed E-state index contributed by atoms with van der Waals surface area (Å²) in [7, 11) is 0. The Morgan fingerprint density at radius 1 is 1.47 bits per heavy atom. The number of halogens is 2. The van der Waals surface area contributed by atoms with E-state index < -0.39 is 0 Å². The number of nitrogens with one attached hydrogen (secondary N) is 2. The maximum atomic E-state index is 11.9. The molecule has 2 N–H and O–H groups in total. The van der Waals surface area contributed by atoms with E-state index in [1.807, 2.05) is 0 Å². The number of hydrogen-bond donors (Lipinski definition) is 2. The zero-order valence-electron chi connectivity index (χ0n) is 9.04. The van der Waals surface area contributed by atoms with E-state index in [0.29, 0.717) is 12.4 Å². The Morgan fingerprint density at radius 2 is 2.29 bits per heavy atom. The van der Waals surface area contributed by atoms with Gasteiger partial charge in [-0.25, -0.2) is 9.97 Å². The molecule has 1 aromatic heterocycles. The predicted molar refractivity (Wildman–Crippen MR) is 66.3 cm³/mol. The van der Waals surface area contributed by atoms with Crippen molar-refractivity contribution in [1.82, 2.24) is 15.3 Å². The van der Waals surface area contributed by atoms with Crippen molar-refractivity contribution in [1.29, 1.82) is 0 Å². The van der Waals surface area contributed by atoms with Gasteiger partial charge in [-0.15, -0.1) is 0 Å². The molecule has 17 heavy (non-hydrogen) atoms. The van der Waals surface area contributed by atoms with E-state index in [0.717, 1.165) is 19.4 Å². The van der Waals surface area contributed by atoms with Crippen LogP contribution in [0.15, 0.2) is 6.07 Å². The summed E-state index contributed by atoms with van der Waals surface area (Å²) in [5, 5.41) is 6.11. The molecule has 1 saturated heterocycles. The minimum atomic E-state index is -0.0666. The molecule has 0 spiro atoms. The Kier molecular flexibility index (Phi) is 4.15. The molecule has 2 heterocycles. The number of amides is 1. The van der Waals surface area contributed by atoms with Crippen molar-refractivity contribution in [3.8, 4) is 0 Å². The van der Waals surface area contributed by atoms with Crippen LogP contribution in [0.5, 0.6) is 0 Å². The zero-order valence-corrected chi connectivity index (χ0v) is 10.6. The minimum absolute atomic E-state index is 0.0227. The fourth-order valence-corrected chi connectivity index (χ4v) is 2.17. The predicted octanol–water partition coefficient (Wildman–Crippen LogP) is 1.72. The van der Waals surface area contributed by atoms with Crippen molar-refractivity contribution in [3.63, 3.8) is 0 Å². The molecule has 1 unspecified atom stereocenters. The molecule has 92 valence electrons. The molecule has 2 rings (SSSR count). The number of aromatic nitrogens is 2. The lowest BCUT2D eigenvalue weighted by molar-refractivity contribution is -0.120.